The predicted octanol–water partition coefficient (Wildman–Crippen LogP) is 3.11. The minimum atomic E-state index is 0.0962. The molecule has 1 aliphatic heterocycles. The van der Waals surface area contributed by atoms with E-state index in [2.05, 4.69) is 34.5 Å². The number of likely N-dealkylation sites (tertiary alicyclic amines) is 1. The molecule has 2 fully saturated rings. The topological polar surface area (TPSA) is 41.6 Å². The molecule has 4 heteroatoms. The van der Waals surface area contributed by atoms with Crippen molar-refractivity contribution in [1.82, 2.24) is 10.2 Å². The van der Waals surface area contributed by atoms with Crippen molar-refractivity contribution in [3.05, 3.63) is 29.8 Å². The van der Waals surface area contributed by atoms with Gasteiger partial charge in [-0.15, -0.1) is 0 Å². The number of benzene rings is 1. The molecule has 1 saturated carbocycles. The lowest BCUT2D eigenvalue weighted by atomic mass is 9.78. The molecule has 1 heterocycles. The molecule has 3 rings (SSSR count). The Balaban J connectivity index is 1.65. The molecule has 0 bridgehead atoms. The van der Waals surface area contributed by atoms with Gasteiger partial charge in [-0.1, -0.05) is 25.0 Å². The third-order valence-electron chi connectivity index (χ3n) is 5.78. The molecule has 1 aromatic rings. The summed E-state index contributed by atoms with van der Waals surface area (Å²) >= 11 is 0. The van der Waals surface area contributed by atoms with Crippen LogP contribution < -0.4 is 10.1 Å². The summed E-state index contributed by atoms with van der Waals surface area (Å²) < 4.78 is 5.31. The Hall–Kier alpha value is -1.55. The second kappa shape index (κ2) is 7.56. The Morgan fingerprint density at radius 1 is 1.21 bits per heavy atom. The fraction of sp³-hybridized carbons (Fsp3) is 0.650. The number of hydrogen-bond donors (Lipinski definition) is 1. The van der Waals surface area contributed by atoms with Gasteiger partial charge in [0.1, 0.15) is 5.75 Å². The summed E-state index contributed by atoms with van der Waals surface area (Å²) in [5.41, 5.74) is 1.76. The average molecular weight is 330 g/mol. The molecule has 0 spiro atoms. The second-order valence-electron chi connectivity index (χ2n) is 7.47. The maximum Gasteiger partial charge on any atom is 0.217 e. The van der Waals surface area contributed by atoms with E-state index in [1.807, 2.05) is 0 Å². The Morgan fingerprint density at radius 2 is 1.83 bits per heavy atom. The SMILES string of the molecule is COc1ccc(C2(CN3CCC(NC(C)=O)CC3)CCCC2)cc1. The van der Waals surface area contributed by atoms with Crippen LogP contribution in [0.25, 0.3) is 0 Å². The van der Waals surface area contributed by atoms with Crippen LogP contribution >= 0.6 is 0 Å². The van der Waals surface area contributed by atoms with Crippen LogP contribution in [0.5, 0.6) is 5.75 Å². The molecule has 24 heavy (non-hydrogen) atoms. The first-order valence-corrected chi connectivity index (χ1v) is 9.25. The Bertz CT molecular complexity index is 541. The fourth-order valence-corrected chi connectivity index (χ4v) is 4.49. The van der Waals surface area contributed by atoms with Gasteiger partial charge in [0, 0.05) is 38.0 Å². The summed E-state index contributed by atoms with van der Waals surface area (Å²) in [4.78, 5) is 13.8. The highest BCUT2D eigenvalue weighted by atomic mass is 16.5. The number of piperidine rings is 1. The van der Waals surface area contributed by atoms with Crippen LogP contribution in [0.15, 0.2) is 24.3 Å². The maximum atomic E-state index is 11.2. The van der Waals surface area contributed by atoms with Crippen LogP contribution in [-0.4, -0.2) is 43.6 Å². The van der Waals surface area contributed by atoms with Crippen LogP contribution in [0.3, 0.4) is 0 Å². The smallest absolute Gasteiger partial charge is 0.217 e. The number of nitrogens with zero attached hydrogens (tertiary/aromatic N) is 1. The van der Waals surface area contributed by atoms with E-state index >= 15 is 0 Å². The van der Waals surface area contributed by atoms with Crippen molar-refractivity contribution in [3.8, 4) is 5.75 Å². The molecular formula is C20H30N2O2. The van der Waals surface area contributed by atoms with E-state index in [1.165, 1.54) is 31.2 Å². The van der Waals surface area contributed by atoms with E-state index in [-0.39, 0.29) is 5.91 Å². The molecule has 0 radical (unpaired) electrons. The van der Waals surface area contributed by atoms with Gasteiger partial charge in [-0.3, -0.25) is 4.79 Å². The minimum Gasteiger partial charge on any atom is -0.497 e. The van der Waals surface area contributed by atoms with Crippen LogP contribution in [0.2, 0.25) is 0 Å². The van der Waals surface area contributed by atoms with Gasteiger partial charge in [0.2, 0.25) is 5.91 Å². The summed E-state index contributed by atoms with van der Waals surface area (Å²) in [6, 6.07) is 9.07. The molecule has 1 aromatic carbocycles. The number of ether oxygens (including phenoxy) is 1. The normalized spacial score (nSPS) is 21.6. The van der Waals surface area contributed by atoms with E-state index in [0.29, 0.717) is 11.5 Å². The number of methoxy groups -OCH3 is 1. The Kier molecular flexibility index (Phi) is 5.44. The standard InChI is InChI=1S/C20H30N2O2/c1-16(23)21-18-9-13-22(14-10-18)15-20(11-3-4-12-20)17-5-7-19(24-2)8-6-17/h5-8,18H,3-4,9-15H2,1-2H3,(H,21,23). The largest absolute Gasteiger partial charge is 0.497 e. The molecule has 132 valence electrons. The van der Waals surface area contributed by atoms with Gasteiger partial charge in [-0.25, -0.2) is 0 Å². The van der Waals surface area contributed by atoms with Gasteiger partial charge in [-0.2, -0.15) is 0 Å². The van der Waals surface area contributed by atoms with Crippen molar-refractivity contribution in [1.29, 1.82) is 0 Å². The summed E-state index contributed by atoms with van der Waals surface area (Å²) in [5.74, 6) is 1.03. The minimum absolute atomic E-state index is 0.0962. The van der Waals surface area contributed by atoms with E-state index in [4.69, 9.17) is 4.74 Å². The lowest BCUT2D eigenvalue weighted by Crippen LogP contribution is -2.48. The highest BCUT2D eigenvalue weighted by Gasteiger charge is 2.38. The third-order valence-corrected chi connectivity index (χ3v) is 5.78. The number of hydrogen-bond acceptors (Lipinski definition) is 3. The molecule has 1 aliphatic carbocycles. The summed E-state index contributed by atoms with van der Waals surface area (Å²) in [6.07, 6.45) is 7.36. The van der Waals surface area contributed by atoms with Gasteiger partial charge in [-0.05, 0) is 43.4 Å². The molecule has 4 nitrogen and oxygen atoms in total. The Labute approximate surface area is 145 Å². The summed E-state index contributed by atoms with van der Waals surface area (Å²) in [6.45, 7) is 4.93. The molecule has 1 amide bonds. The van der Waals surface area contributed by atoms with E-state index in [1.54, 1.807) is 14.0 Å². The van der Waals surface area contributed by atoms with Crippen molar-refractivity contribution >= 4 is 5.91 Å². The zero-order chi connectivity index (χ0) is 17.0. The molecule has 2 aliphatic rings. The first-order valence-electron chi connectivity index (χ1n) is 9.25. The summed E-state index contributed by atoms with van der Waals surface area (Å²) in [7, 11) is 1.72. The predicted molar refractivity (Wildman–Crippen MR) is 96.4 cm³/mol. The molecular weight excluding hydrogens is 300 g/mol. The van der Waals surface area contributed by atoms with Crippen molar-refractivity contribution in [2.24, 2.45) is 0 Å². The number of nitrogens with one attached hydrogen (secondary N) is 1. The van der Waals surface area contributed by atoms with Crippen LogP contribution in [0, 0.1) is 0 Å². The second-order valence-corrected chi connectivity index (χ2v) is 7.47. The first-order chi connectivity index (χ1) is 11.6. The first kappa shape index (κ1) is 17.3. The summed E-state index contributed by atoms with van der Waals surface area (Å²) in [5, 5.41) is 3.07. The molecule has 1 N–H and O–H groups in total. The van der Waals surface area contributed by atoms with E-state index in [9.17, 15) is 4.79 Å². The van der Waals surface area contributed by atoms with Gasteiger partial charge in [0.25, 0.3) is 0 Å². The number of rotatable bonds is 5. The van der Waals surface area contributed by atoms with Crippen molar-refractivity contribution in [2.45, 2.75) is 56.9 Å². The van der Waals surface area contributed by atoms with Crippen molar-refractivity contribution < 1.29 is 9.53 Å². The van der Waals surface area contributed by atoms with Gasteiger partial charge >= 0.3 is 0 Å². The quantitative estimate of drug-likeness (QED) is 0.902. The lowest BCUT2D eigenvalue weighted by Gasteiger charge is -2.39. The highest BCUT2D eigenvalue weighted by Crippen LogP contribution is 2.42. The highest BCUT2D eigenvalue weighted by molar-refractivity contribution is 5.73. The maximum absolute atomic E-state index is 11.2. The Morgan fingerprint density at radius 3 is 2.38 bits per heavy atom. The fourth-order valence-electron chi connectivity index (χ4n) is 4.49. The number of amides is 1. The number of carbonyl (C=O) groups is 1. The molecule has 0 unspecified atom stereocenters. The van der Waals surface area contributed by atoms with Gasteiger partial charge < -0.3 is 15.0 Å². The monoisotopic (exact) mass is 330 g/mol. The van der Waals surface area contributed by atoms with E-state index in [0.717, 1.165) is 38.2 Å². The number of carbonyl (C=O) groups excluding carboxylic acids is 1. The van der Waals surface area contributed by atoms with Crippen LogP contribution in [0.1, 0.15) is 51.0 Å². The zero-order valence-electron chi connectivity index (χ0n) is 15.0. The van der Waals surface area contributed by atoms with Gasteiger partial charge in [0.15, 0.2) is 0 Å². The molecule has 0 atom stereocenters. The van der Waals surface area contributed by atoms with Crippen LogP contribution in [-0.2, 0) is 10.2 Å². The lowest BCUT2D eigenvalue weighted by molar-refractivity contribution is -0.120. The van der Waals surface area contributed by atoms with Crippen LogP contribution in [0.4, 0.5) is 0 Å². The van der Waals surface area contributed by atoms with Crippen molar-refractivity contribution in [2.75, 3.05) is 26.7 Å². The third kappa shape index (κ3) is 3.92. The molecule has 0 aromatic heterocycles. The average Bonchev–Trinajstić information content (AvgIpc) is 3.06. The molecule has 1 saturated heterocycles. The van der Waals surface area contributed by atoms with E-state index < -0.39 is 0 Å². The van der Waals surface area contributed by atoms with Crippen molar-refractivity contribution in [3.63, 3.8) is 0 Å². The van der Waals surface area contributed by atoms with Gasteiger partial charge in [0.05, 0.1) is 7.11 Å². The zero-order valence-corrected chi connectivity index (χ0v) is 15.0.